The van der Waals surface area contributed by atoms with Crippen LogP contribution in [0.5, 0.6) is 5.75 Å². The van der Waals surface area contributed by atoms with Gasteiger partial charge in [0.1, 0.15) is 5.75 Å². The van der Waals surface area contributed by atoms with Crippen LogP contribution in [0.15, 0.2) is 53.7 Å². The highest BCUT2D eigenvalue weighted by molar-refractivity contribution is 5.79. The Kier molecular flexibility index (Phi) is 8.46. The van der Waals surface area contributed by atoms with Gasteiger partial charge in [0.15, 0.2) is 5.96 Å². The standard InChI is InChI=1S/C21H30N4O/c1-4-22-21(25-15-19-7-5-6-13-23-19)24-14-12-18-8-10-20(11-9-18)26-16-17(2)3/h5-11,13,17H,4,12,14-16H2,1-3H3,(H2,22,24,25). The van der Waals surface area contributed by atoms with Crippen LogP contribution in [0.4, 0.5) is 0 Å². The van der Waals surface area contributed by atoms with E-state index in [2.05, 4.69) is 53.5 Å². The average molecular weight is 354 g/mol. The van der Waals surface area contributed by atoms with Crippen LogP contribution in [0.25, 0.3) is 0 Å². The van der Waals surface area contributed by atoms with E-state index in [0.717, 1.165) is 43.5 Å². The van der Waals surface area contributed by atoms with E-state index in [-0.39, 0.29) is 0 Å². The minimum Gasteiger partial charge on any atom is -0.493 e. The first-order valence-corrected chi connectivity index (χ1v) is 9.31. The van der Waals surface area contributed by atoms with Crippen molar-refractivity contribution in [3.63, 3.8) is 0 Å². The number of hydrogen-bond acceptors (Lipinski definition) is 3. The second kappa shape index (κ2) is 11.1. The first kappa shape index (κ1) is 19.8. The summed E-state index contributed by atoms with van der Waals surface area (Å²) in [5.74, 6) is 2.28. The monoisotopic (exact) mass is 354 g/mol. The Hall–Kier alpha value is -2.56. The number of ether oxygens (including phenoxy) is 1. The highest BCUT2D eigenvalue weighted by atomic mass is 16.5. The predicted octanol–water partition coefficient (Wildman–Crippen LogP) is 3.41. The minimum absolute atomic E-state index is 0.536. The molecule has 0 spiro atoms. The number of aromatic nitrogens is 1. The molecule has 0 saturated heterocycles. The topological polar surface area (TPSA) is 58.5 Å². The molecule has 1 aromatic carbocycles. The normalized spacial score (nSPS) is 11.5. The summed E-state index contributed by atoms with van der Waals surface area (Å²) in [7, 11) is 0. The molecule has 1 heterocycles. The summed E-state index contributed by atoms with van der Waals surface area (Å²) in [6.45, 7) is 9.33. The number of benzene rings is 1. The molecule has 0 atom stereocenters. The van der Waals surface area contributed by atoms with Crippen LogP contribution < -0.4 is 15.4 Å². The van der Waals surface area contributed by atoms with Crippen molar-refractivity contribution >= 4 is 5.96 Å². The molecular formula is C21H30N4O. The zero-order valence-corrected chi connectivity index (χ0v) is 16.0. The number of nitrogens with zero attached hydrogens (tertiary/aromatic N) is 2. The van der Waals surface area contributed by atoms with Gasteiger partial charge in [-0.1, -0.05) is 32.0 Å². The van der Waals surface area contributed by atoms with Gasteiger partial charge in [0.2, 0.25) is 0 Å². The third-order valence-electron chi connectivity index (χ3n) is 3.68. The average Bonchev–Trinajstić information content (AvgIpc) is 2.66. The van der Waals surface area contributed by atoms with Gasteiger partial charge in [-0.25, -0.2) is 4.99 Å². The molecule has 1 aromatic heterocycles. The molecule has 0 fully saturated rings. The van der Waals surface area contributed by atoms with Gasteiger partial charge in [0.05, 0.1) is 18.8 Å². The maximum Gasteiger partial charge on any atom is 0.191 e. The van der Waals surface area contributed by atoms with E-state index in [1.165, 1.54) is 5.56 Å². The lowest BCUT2D eigenvalue weighted by Crippen LogP contribution is -2.38. The summed E-state index contributed by atoms with van der Waals surface area (Å²) >= 11 is 0. The van der Waals surface area contributed by atoms with Crippen LogP contribution in [-0.4, -0.2) is 30.6 Å². The summed E-state index contributed by atoms with van der Waals surface area (Å²) in [5.41, 5.74) is 2.23. The summed E-state index contributed by atoms with van der Waals surface area (Å²) in [6, 6.07) is 14.2. The van der Waals surface area contributed by atoms with Crippen molar-refractivity contribution in [3.8, 4) is 5.75 Å². The maximum absolute atomic E-state index is 5.72. The van der Waals surface area contributed by atoms with Gasteiger partial charge >= 0.3 is 0 Å². The predicted molar refractivity (Wildman–Crippen MR) is 108 cm³/mol. The minimum atomic E-state index is 0.536. The summed E-state index contributed by atoms with van der Waals surface area (Å²) in [6.07, 6.45) is 2.72. The number of guanidine groups is 1. The molecule has 0 aliphatic rings. The molecule has 5 heteroatoms. The number of nitrogens with one attached hydrogen (secondary N) is 2. The lowest BCUT2D eigenvalue weighted by molar-refractivity contribution is 0.271. The Morgan fingerprint density at radius 2 is 1.92 bits per heavy atom. The van der Waals surface area contributed by atoms with E-state index in [0.29, 0.717) is 12.5 Å². The second-order valence-electron chi connectivity index (χ2n) is 6.54. The van der Waals surface area contributed by atoms with E-state index < -0.39 is 0 Å². The number of rotatable bonds is 9. The summed E-state index contributed by atoms with van der Waals surface area (Å²) in [4.78, 5) is 8.88. The molecule has 0 amide bonds. The number of hydrogen-bond donors (Lipinski definition) is 2. The Labute approximate surface area is 156 Å². The van der Waals surface area contributed by atoms with Crippen LogP contribution in [0, 0.1) is 5.92 Å². The zero-order valence-electron chi connectivity index (χ0n) is 16.0. The van der Waals surface area contributed by atoms with Crippen LogP contribution in [0.1, 0.15) is 32.0 Å². The smallest absolute Gasteiger partial charge is 0.191 e. The van der Waals surface area contributed by atoms with E-state index in [1.54, 1.807) is 6.20 Å². The van der Waals surface area contributed by atoms with Gasteiger partial charge in [0, 0.05) is 19.3 Å². The lowest BCUT2D eigenvalue weighted by atomic mass is 10.1. The Balaban J connectivity index is 1.79. The SMILES string of the molecule is CCNC(=NCc1ccccn1)NCCc1ccc(OCC(C)C)cc1. The molecule has 0 bridgehead atoms. The van der Waals surface area contributed by atoms with Crippen LogP contribution >= 0.6 is 0 Å². The molecule has 140 valence electrons. The first-order valence-electron chi connectivity index (χ1n) is 9.31. The molecule has 2 N–H and O–H groups in total. The quantitative estimate of drug-likeness (QED) is 0.535. The molecule has 0 aliphatic carbocycles. The van der Waals surface area contributed by atoms with Crippen molar-refractivity contribution in [1.82, 2.24) is 15.6 Å². The molecular weight excluding hydrogens is 324 g/mol. The Morgan fingerprint density at radius 3 is 2.58 bits per heavy atom. The second-order valence-corrected chi connectivity index (χ2v) is 6.54. The van der Waals surface area contributed by atoms with Crippen molar-refractivity contribution in [2.45, 2.75) is 33.7 Å². The number of pyridine rings is 1. The lowest BCUT2D eigenvalue weighted by Gasteiger charge is -2.12. The van der Waals surface area contributed by atoms with Crippen molar-refractivity contribution in [2.24, 2.45) is 10.9 Å². The van der Waals surface area contributed by atoms with E-state index in [4.69, 9.17) is 4.74 Å². The molecule has 0 radical (unpaired) electrons. The molecule has 0 unspecified atom stereocenters. The summed E-state index contributed by atoms with van der Waals surface area (Å²) in [5, 5.41) is 6.64. The fourth-order valence-electron chi connectivity index (χ4n) is 2.33. The van der Waals surface area contributed by atoms with Gasteiger partial charge in [0.25, 0.3) is 0 Å². The van der Waals surface area contributed by atoms with Crippen LogP contribution in [-0.2, 0) is 13.0 Å². The van der Waals surface area contributed by atoms with Gasteiger partial charge < -0.3 is 15.4 Å². The Morgan fingerprint density at radius 1 is 1.12 bits per heavy atom. The van der Waals surface area contributed by atoms with Crippen LogP contribution in [0.2, 0.25) is 0 Å². The molecule has 2 aromatic rings. The van der Waals surface area contributed by atoms with Gasteiger partial charge in [-0.3, -0.25) is 4.98 Å². The molecule has 0 aliphatic heterocycles. The summed E-state index contributed by atoms with van der Waals surface area (Å²) < 4.78 is 5.72. The Bertz CT molecular complexity index is 653. The largest absolute Gasteiger partial charge is 0.493 e. The van der Waals surface area contributed by atoms with E-state index >= 15 is 0 Å². The maximum atomic E-state index is 5.72. The van der Waals surface area contributed by atoms with Crippen molar-refractivity contribution in [2.75, 3.05) is 19.7 Å². The van der Waals surface area contributed by atoms with Gasteiger partial charge in [-0.05, 0) is 49.1 Å². The van der Waals surface area contributed by atoms with E-state index in [1.807, 2.05) is 30.3 Å². The van der Waals surface area contributed by atoms with E-state index in [9.17, 15) is 0 Å². The van der Waals surface area contributed by atoms with Crippen molar-refractivity contribution < 1.29 is 4.74 Å². The molecule has 5 nitrogen and oxygen atoms in total. The fraction of sp³-hybridized carbons (Fsp3) is 0.429. The first-order chi connectivity index (χ1) is 12.7. The number of aliphatic imine (C=N–C) groups is 1. The zero-order chi connectivity index (χ0) is 18.6. The highest BCUT2D eigenvalue weighted by Crippen LogP contribution is 2.13. The fourth-order valence-corrected chi connectivity index (χ4v) is 2.33. The third-order valence-corrected chi connectivity index (χ3v) is 3.68. The molecule has 26 heavy (non-hydrogen) atoms. The van der Waals surface area contributed by atoms with Gasteiger partial charge in [-0.15, -0.1) is 0 Å². The van der Waals surface area contributed by atoms with Crippen LogP contribution in [0.3, 0.4) is 0 Å². The van der Waals surface area contributed by atoms with Crippen molar-refractivity contribution in [3.05, 3.63) is 59.9 Å². The molecule has 0 saturated carbocycles. The van der Waals surface area contributed by atoms with Crippen molar-refractivity contribution in [1.29, 1.82) is 0 Å². The van der Waals surface area contributed by atoms with Gasteiger partial charge in [-0.2, -0.15) is 0 Å². The third kappa shape index (κ3) is 7.55. The highest BCUT2D eigenvalue weighted by Gasteiger charge is 2.01. The molecule has 2 rings (SSSR count).